The summed E-state index contributed by atoms with van der Waals surface area (Å²) in [4.78, 5) is 27.9. The zero-order chi connectivity index (χ0) is 20.9. The fraction of sp³-hybridized carbons (Fsp3) is 0.417. The first kappa shape index (κ1) is 20.4. The van der Waals surface area contributed by atoms with Crippen LogP contribution in [0.5, 0.6) is 5.75 Å². The molecule has 0 unspecified atom stereocenters. The topological polar surface area (TPSA) is 67.9 Å². The Labute approximate surface area is 177 Å². The van der Waals surface area contributed by atoms with Crippen LogP contribution in [0, 0.1) is 5.92 Å². The van der Waals surface area contributed by atoms with Gasteiger partial charge in [0, 0.05) is 36.9 Å². The van der Waals surface area contributed by atoms with Crippen molar-refractivity contribution in [3.8, 4) is 16.9 Å². The molecule has 0 saturated carbocycles. The third-order valence-corrected chi connectivity index (χ3v) is 6.00. The smallest absolute Gasteiger partial charge is 0.247 e. The van der Waals surface area contributed by atoms with E-state index < -0.39 is 6.04 Å². The molecule has 2 aliphatic heterocycles. The minimum Gasteiger partial charge on any atom is -0.497 e. The number of hydrogen-bond donors (Lipinski definition) is 1. The summed E-state index contributed by atoms with van der Waals surface area (Å²) in [6.07, 6.45) is 3.03. The summed E-state index contributed by atoms with van der Waals surface area (Å²) in [5, 5.41) is 3.08. The fourth-order valence-corrected chi connectivity index (χ4v) is 4.31. The highest BCUT2D eigenvalue weighted by Crippen LogP contribution is 2.31. The normalized spacial score (nSPS) is 19.5. The number of carbonyl (C=O) groups excluding carboxylic acids is 2. The van der Waals surface area contributed by atoms with Gasteiger partial charge in [0.25, 0.3) is 0 Å². The summed E-state index contributed by atoms with van der Waals surface area (Å²) in [5.74, 6) is 0.737. The lowest BCUT2D eigenvalue weighted by Crippen LogP contribution is -2.46. The number of anilines is 1. The van der Waals surface area contributed by atoms with Crippen LogP contribution < -0.4 is 10.1 Å². The molecule has 0 aliphatic carbocycles. The molecule has 0 bridgehead atoms. The second-order valence-electron chi connectivity index (χ2n) is 7.84. The van der Waals surface area contributed by atoms with E-state index in [1.807, 2.05) is 48.5 Å². The van der Waals surface area contributed by atoms with Gasteiger partial charge in [0.15, 0.2) is 0 Å². The lowest BCUT2D eigenvalue weighted by molar-refractivity contribution is -0.142. The van der Waals surface area contributed by atoms with E-state index in [9.17, 15) is 9.59 Å². The van der Waals surface area contributed by atoms with Crippen molar-refractivity contribution in [1.29, 1.82) is 0 Å². The number of hydrogen-bond acceptors (Lipinski definition) is 4. The van der Waals surface area contributed by atoms with E-state index >= 15 is 0 Å². The summed E-state index contributed by atoms with van der Waals surface area (Å²) in [6.45, 7) is 1.89. The third kappa shape index (κ3) is 4.33. The van der Waals surface area contributed by atoms with Crippen molar-refractivity contribution in [3.05, 3.63) is 48.5 Å². The first-order valence-electron chi connectivity index (χ1n) is 10.6. The molecular weight excluding hydrogens is 380 g/mol. The minimum atomic E-state index is -0.413. The molecule has 6 nitrogen and oxygen atoms in total. The molecule has 2 saturated heterocycles. The van der Waals surface area contributed by atoms with Gasteiger partial charge in [-0.1, -0.05) is 30.3 Å². The molecule has 1 atom stereocenters. The molecule has 0 spiro atoms. The maximum Gasteiger partial charge on any atom is 0.247 e. The first-order valence-corrected chi connectivity index (χ1v) is 10.6. The quantitative estimate of drug-likeness (QED) is 0.819. The van der Waals surface area contributed by atoms with Gasteiger partial charge in [0.05, 0.1) is 7.11 Å². The lowest BCUT2D eigenvalue weighted by atomic mass is 9.98. The predicted octanol–water partition coefficient (Wildman–Crippen LogP) is 3.72. The Kier molecular flexibility index (Phi) is 6.33. The SMILES string of the molecule is COc1ccc(-c2ccccc2NC(=O)[C@H]2CCCN2C(=O)C2CCOCC2)cc1. The monoisotopic (exact) mass is 408 g/mol. The number of rotatable bonds is 5. The van der Waals surface area contributed by atoms with Crippen LogP contribution >= 0.6 is 0 Å². The van der Waals surface area contributed by atoms with Gasteiger partial charge in [0.1, 0.15) is 11.8 Å². The van der Waals surface area contributed by atoms with E-state index in [0.29, 0.717) is 26.2 Å². The lowest BCUT2D eigenvalue weighted by Gasteiger charge is -2.30. The van der Waals surface area contributed by atoms with Crippen LogP contribution in [-0.4, -0.2) is 49.6 Å². The number of amides is 2. The predicted molar refractivity (Wildman–Crippen MR) is 115 cm³/mol. The average Bonchev–Trinajstić information content (AvgIpc) is 3.30. The number of nitrogens with one attached hydrogen (secondary N) is 1. The number of para-hydroxylation sites is 1. The Morgan fingerprint density at radius 3 is 2.50 bits per heavy atom. The molecule has 4 rings (SSSR count). The van der Waals surface area contributed by atoms with E-state index in [1.165, 1.54) is 0 Å². The maximum atomic E-state index is 13.1. The number of benzene rings is 2. The van der Waals surface area contributed by atoms with Gasteiger partial charge in [-0.2, -0.15) is 0 Å². The van der Waals surface area contributed by atoms with Gasteiger partial charge in [-0.3, -0.25) is 9.59 Å². The summed E-state index contributed by atoms with van der Waals surface area (Å²) in [6, 6.07) is 15.1. The molecule has 158 valence electrons. The van der Waals surface area contributed by atoms with Crippen molar-refractivity contribution in [2.24, 2.45) is 5.92 Å². The number of carbonyl (C=O) groups is 2. The largest absolute Gasteiger partial charge is 0.497 e. The standard InChI is InChI=1S/C24H28N2O4/c1-29-19-10-8-17(9-11-19)20-5-2-3-6-21(20)25-23(27)22-7-4-14-26(22)24(28)18-12-15-30-16-13-18/h2-3,5-6,8-11,18,22H,4,7,12-16H2,1H3,(H,25,27)/t22-/m1/s1. The zero-order valence-corrected chi connectivity index (χ0v) is 17.3. The maximum absolute atomic E-state index is 13.1. The second kappa shape index (κ2) is 9.30. The number of ether oxygens (including phenoxy) is 2. The van der Waals surface area contributed by atoms with Crippen LogP contribution in [0.25, 0.3) is 11.1 Å². The second-order valence-corrected chi connectivity index (χ2v) is 7.84. The van der Waals surface area contributed by atoms with E-state index in [2.05, 4.69) is 5.32 Å². The number of nitrogens with zero attached hydrogens (tertiary/aromatic N) is 1. The molecule has 2 fully saturated rings. The molecule has 0 aromatic heterocycles. The first-order chi connectivity index (χ1) is 14.7. The van der Waals surface area contributed by atoms with Gasteiger partial charge in [0.2, 0.25) is 11.8 Å². The van der Waals surface area contributed by atoms with Crippen LogP contribution in [0.1, 0.15) is 25.7 Å². The van der Waals surface area contributed by atoms with Gasteiger partial charge in [-0.15, -0.1) is 0 Å². The van der Waals surface area contributed by atoms with Gasteiger partial charge in [-0.25, -0.2) is 0 Å². The summed E-state index contributed by atoms with van der Waals surface area (Å²) >= 11 is 0. The molecule has 2 aliphatic rings. The molecule has 30 heavy (non-hydrogen) atoms. The Morgan fingerprint density at radius 1 is 1.03 bits per heavy atom. The number of methoxy groups -OCH3 is 1. The average molecular weight is 408 g/mol. The van der Waals surface area contributed by atoms with Crippen molar-refractivity contribution >= 4 is 17.5 Å². The highest BCUT2D eigenvalue weighted by Gasteiger charge is 2.37. The van der Waals surface area contributed by atoms with Gasteiger partial charge >= 0.3 is 0 Å². The molecule has 2 aromatic carbocycles. The summed E-state index contributed by atoms with van der Waals surface area (Å²) < 4.78 is 10.6. The molecule has 2 heterocycles. The zero-order valence-electron chi connectivity index (χ0n) is 17.3. The Morgan fingerprint density at radius 2 is 1.77 bits per heavy atom. The highest BCUT2D eigenvalue weighted by atomic mass is 16.5. The fourth-order valence-electron chi connectivity index (χ4n) is 4.31. The van der Waals surface area contributed by atoms with Gasteiger partial charge in [-0.05, 0) is 49.4 Å². The Balaban J connectivity index is 1.50. The molecule has 1 N–H and O–H groups in total. The summed E-state index contributed by atoms with van der Waals surface area (Å²) in [5.41, 5.74) is 2.68. The van der Waals surface area contributed by atoms with Gasteiger partial charge < -0.3 is 19.7 Å². The van der Waals surface area contributed by atoms with Crippen LogP contribution in [0.2, 0.25) is 0 Å². The molecule has 6 heteroatoms. The van der Waals surface area contributed by atoms with E-state index in [0.717, 1.165) is 41.8 Å². The van der Waals surface area contributed by atoms with E-state index in [4.69, 9.17) is 9.47 Å². The van der Waals surface area contributed by atoms with Crippen LogP contribution in [-0.2, 0) is 14.3 Å². The van der Waals surface area contributed by atoms with E-state index in [1.54, 1.807) is 12.0 Å². The molecule has 0 radical (unpaired) electrons. The Bertz CT molecular complexity index is 890. The highest BCUT2D eigenvalue weighted by molar-refractivity contribution is 6.00. The van der Waals surface area contributed by atoms with Crippen LogP contribution in [0.4, 0.5) is 5.69 Å². The molecule has 2 aromatic rings. The molecule has 2 amide bonds. The van der Waals surface area contributed by atoms with E-state index in [-0.39, 0.29) is 17.7 Å². The Hall–Kier alpha value is -2.86. The van der Waals surface area contributed by atoms with Crippen molar-refractivity contribution in [2.75, 3.05) is 32.2 Å². The van der Waals surface area contributed by atoms with Crippen LogP contribution in [0.15, 0.2) is 48.5 Å². The molecular formula is C24H28N2O4. The minimum absolute atomic E-state index is 0.0289. The van der Waals surface area contributed by atoms with Crippen molar-refractivity contribution < 1.29 is 19.1 Å². The summed E-state index contributed by atoms with van der Waals surface area (Å²) in [7, 11) is 1.64. The van der Waals surface area contributed by atoms with Crippen LogP contribution in [0.3, 0.4) is 0 Å². The van der Waals surface area contributed by atoms with Crippen molar-refractivity contribution in [3.63, 3.8) is 0 Å². The third-order valence-electron chi connectivity index (χ3n) is 6.00. The number of likely N-dealkylation sites (tertiary alicyclic amines) is 1. The van der Waals surface area contributed by atoms with Crippen molar-refractivity contribution in [2.45, 2.75) is 31.7 Å². The van der Waals surface area contributed by atoms with Crippen molar-refractivity contribution in [1.82, 2.24) is 4.90 Å².